The first-order valence-electron chi connectivity index (χ1n) is 33.3. The van der Waals surface area contributed by atoms with Gasteiger partial charge in [0.1, 0.15) is 73.2 Å². The highest BCUT2D eigenvalue weighted by Gasteiger charge is 2.53. The van der Waals surface area contributed by atoms with Gasteiger partial charge >= 0.3 is 0 Å². The molecule has 17 unspecified atom stereocenters. The fraction of sp³-hybridized carbons (Fsp3) is 0.700. The van der Waals surface area contributed by atoms with Crippen LogP contribution < -0.4 is 5.32 Å². The number of aliphatic hydroxyl groups excluding tert-OH is 11. The van der Waals surface area contributed by atoms with Crippen LogP contribution in [0.1, 0.15) is 181 Å². The third kappa shape index (κ3) is 33.0. The number of rotatable bonds is 48. The van der Waals surface area contributed by atoms with Crippen molar-refractivity contribution in [1.29, 1.82) is 0 Å². The molecule has 3 heterocycles. The van der Waals surface area contributed by atoms with Crippen LogP contribution in [0.25, 0.3) is 0 Å². The summed E-state index contributed by atoms with van der Waals surface area (Å²) in [7, 11) is 0. The molecule has 3 aliphatic heterocycles. The maximum atomic E-state index is 13.3. The average molecular weight is 1260 g/mol. The van der Waals surface area contributed by atoms with E-state index in [-0.39, 0.29) is 18.9 Å². The number of unbranched alkanes of at least 4 members (excludes halogenated alkanes) is 14. The van der Waals surface area contributed by atoms with Crippen LogP contribution in [0.15, 0.2) is 122 Å². The minimum Gasteiger partial charge on any atom is -0.394 e. The lowest BCUT2D eigenvalue weighted by Gasteiger charge is -2.48. The Kier molecular flexibility index (Phi) is 45.3. The second kappa shape index (κ2) is 50.7. The molecule has 89 heavy (non-hydrogen) atoms. The number of hydrogen-bond donors (Lipinski definition) is 12. The Hall–Kier alpha value is -3.81. The number of hydrogen-bond acceptors (Lipinski definition) is 18. The van der Waals surface area contributed by atoms with Crippen molar-refractivity contribution in [2.45, 2.75) is 285 Å². The highest BCUT2D eigenvalue weighted by atomic mass is 16.8. The van der Waals surface area contributed by atoms with E-state index in [0.29, 0.717) is 12.8 Å². The molecule has 19 nitrogen and oxygen atoms in total. The first kappa shape index (κ1) is 79.4. The molecule has 1 amide bonds. The number of aliphatic hydroxyl groups is 11. The summed E-state index contributed by atoms with van der Waals surface area (Å²) in [6, 6.07) is -1.00. The predicted octanol–water partition coefficient (Wildman–Crippen LogP) is 8.04. The molecule has 0 bridgehead atoms. The molecule has 12 N–H and O–H groups in total. The summed E-state index contributed by atoms with van der Waals surface area (Å²) in [5.74, 6) is -0.302. The zero-order valence-electron chi connectivity index (χ0n) is 53.4. The highest BCUT2D eigenvalue weighted by Crippen LogP contribution is 2.33. The Bertz CT molecular complexity index is 2090. The number of carbonyl (C=O) groups is 1. The van der Waals surface area contributed by atoms with Crippen molar-refractivity contribution < 1.29 is 89.4 Å². The molecule has 3 rings (SSSR count). The number of allylic oxidation sites excluding steroid dienone is 19. The van der Waals surface area contributed by atoms with Crippen LogP contribution in [0.4, 0.5) is 0 Å². The van der Waals surface area contributed by atoms with Gasteiger partial charge in [-0.1, -0.05) is 200 Å². The van der Waals surface area contributed by atoms with Gasteiger partial charge in [0.25, 0.3) is 0 Å². The van der Waals surface area contributed by atoms with Crippen molar-refractivity contribution in [3.8, 4) is 0 Å². The fourth-order valence-corrected chi connectivity index (χ4v) is 10.3. The molecule has 0 radical (unpaired) electrons. The highest BCUT2D eigenvalue weighted by molar-refractivity contribution is 5.76. The number of ether oxygens (including phenoxy) is 6. The van der Waals surface area contributed by atoms with E-state index in [9.17, 15) is 61.0 Å². The summed E-state index contributed by atoms with van der Waals surface area (Å²) in [5.41, 5.74) is 0. The summed E-state index contributed by atoms with van der Waals surface area (Å²) in [6.07, 6.45) is 41.9. The van der Waals surface area contributed by atoms with Crippen LogP contribution in [-0.2, 0) is 33.2 Å². The molecule has 0 spiro atoms. The topological polar surface area (TPSA) is 307 Å². The molecule has 3 fully saturated rings. The van der Waals surface area contributed by atoms with E-state index in [0.717, 1.165) is 116 Å². The standard InChI is InChI=1S/C70H115NO18/c1-3-5-7-9-11-13-15-16-17-18-19-20-21-22-23-24-25-26-27-28-29-30-31-32-33-34-35-36-38-40-42-44-46-48-58(76)71-53(54(75)47-45-43-41-39-37-14-12-10-8-6-4-2)52-84-68-64(82)61(79)66(56(50-73)86-68)89-70-65(83)62(80)67(57(51-74)87-70)88-69-63(81)60(78)59(77)55(49-72)85-69/h5,7,11,13,16-17,19-20,22-23,25-26,28-29,31-32,37,39,45,47,53-57,59-70,72-75,77-83H,3-4,6,8-10,12,14-15,18,21,24,27,30,33-36,38,40-44,46,48-52H2,1-2H3,(H,71,76)/b7-5-,13-11-,17-16-,20-19-,23-22-,26-25-,29-28-,32-31-,39-37+,47-45+. The van der Waals surface area contributed by atoms with Gasteiger partial charge in [0.2, 0.25) is 5.91 Å². The van der Waals surface area contributed by atoms with E-state index in [4.69, 9.17) is 28.4 Å². The molecule has 508 valence electrons. The SMILES string of the molecule is CC/C=C\C/C=C\C/C=C\C/C=C\C/C=C\C/C=C\C/C=C\C/C=C\CCCCCCCCCCC(=O)NC(COC1OC(CO)C(OC2OC(CO)C(OC3OC(CO)C(O)C(O)C3O)C(O)C2O)C(O)C1O)C(O)/C=C/CC/C=C/CCCCCCC. The molecule has 17 atom stereocenters. The molecule has 3 aliphatic rings. The van der Waals surface area contributed by atoms with Crippen molar-refractivity contribution in [2.24, 2.45) is 0 Å². The third-order valence-electron chi connectivity index (χ3n) is 15.7. The van der Waals surface area contributed by atoms with E-state index < -0.39 is 124 Å². The summed E-state index contributed by atoms with van der Waals surface area (Å²) < 4.78 is 34.2. The van der Waals surface area contributed by atoms with Crippen molar-refractivity contribution in [3.63, 3.8) is 0 Å². The molecule has 0 saturated carbocycles. The van der Waals surface area contributed by atoms with Gasteiger partial charge in [0, 0.05) is 6.42 Å². The quantitative estimate of drug-likeness (QED) is 0.0203. The lowest BCUT2D eigenvalue weighted by atomic mass is 9.96. The fourth-order valence-electron chi connectivity index (χ4n) is 10.3. The Morgan fingerprint density at radius 2 is 0.787 bits per heavy atom. The lowest BCUT2D eigenvalue weighted by Crippen LogP contribution is -2.66. The molecule has 0 aromatic carbocycles. The maximum absolute atomic E-state index is 13.3. The molecular formula is C70H115NO18. The van der Waals surface area contributed by atoms with E-state index in [1.807, 2.05) is 6.08 Å². The van der Waals surface area contributed by atoms with E-state index >= 15 is 0 Å². The van der Waals surface area contributed by atoms with E-state index in [2.05, 4.69) is 129 Å². The maximum Gasteiger partial charge on any atom is 0.220 e. The third-order valence-corrected chi connectivity index (χ3v) is 15.7. The van der Waals surface area contributed by atoms with Gasteiger partial charge in [-0.3, -0.25) is 4.79 Å². The molecule has 0 aromatic rings. The molecule has 0 aliphatic carbocycles. The minimum atomic E-state index is -1.99. The van der Waals surface area contributed by atoms with Crippen LogP contribution >= 0.6 is 0 Å². The van der Waals surface area contributed by atoms with Crippen molar-refractivity contribution in [1.82, 2.24) is 5.32 Å². The van der Waals surface area contributed by atoms with Gasteiger partial charge in [0.05, 0.1) is 38.6 Å². The van der Waals surface area contributed by atoms with Gasteiger partial charge in [0.15, 0.2) is 18.9 Å². The second-order valence-electron chi connectivity index (χ2n) is 23.2. The Morgan fingerprint density at radius 3 is 1.26 bits per heavy atom. The number of amides is 1. The first-order valence-corrected chi connectivity index (χ1v) is 33.3. The van der Waals surface area contributed by atoms with E-state index in [1.165, 1.54) is 32.1 Å². The van der Waals surface area contributed by atoms with Crippen LogP contribution in [-0.4, -0.2) is 193 Å². The monoisotopic (exact) mass is 1260 g/mol. The Balaban J connectivity index is 1.39. The molecule has 0 aromatic heterocycles. The Morgan fingerprint density at radius 1 is 0.416 bits per heavy atom. The summed E-state index contributed by atoms with van der Waals surface area (Å²) in [5, 5.41) is 120. The Labute approximate surface area is 531 Å². The average Bonchev–Trinajstić information content (AvgIpc) is 1.33. The molecule has 3 saturated heterocycles. The van der Waals surface area contributed by atoms with Gasteiger partial charge in [-0.2, -0.15) is 0 Å². The lowest BCUT2D eigenvalue weighted by molar-refractivity contribution is -0.379. The molecule has 19 heteroatoms. The van der Waals surface area contributed by atoms with Crippen molar-refractivity contribution in [2.75, 3.05) is 26.4 Å². The zero-order chi connectivity index (χ0) is 64.7. The van der Waals surface area contributed by atoms with Crippen LogP contribution in [0, 0.1) is 0 Å². The second-order valence-corrected chi connectivity index (χ2v) is 23.2. The van der Waals surface area contributed by atoms with Crippen LogP contribution in [0.2, 0.25) is 0 Å². The van der Waals surface area contributed by atoms with E-state index in [1.54, 1.807) is 6.08 Å². The van der Waals surface area contributed by atoms with Gasteiger partial charge in [-0.05, 0) is 96.3 Å². The number of carbonyl (C=O) groups excluding carboxylic acids is 1. The van der Waals surface area contributed by atoms with Gasteiger partial charge in [-0.15, -0.1) is 0 Å². The smallest absolute Gasteiger partial charge is 0.220 e. The first-order chi connectivity index (χ1) is 43.3. The summed E-state index contributed by atoms with van der Waals surface area (Å²) >= 11 is 0. The van der Waals surface area contributed by atoms with Crippen LogP contribution in [0.5, 0.6) is 0 Å². The largest absolute Gasteiger partial charge is 0.394 e. The van der Waals surface area contributed by atoms with Gasteiger partial charge < -0.3 is 89.9 Å². The molecular weight excluding hydrogens is 1140 g/mol. The summed E-state index contributed by atoms with van der Waals surface area (Å²) in [6.45, 7) is 1.52. The minimum absolute atomic E-state index is 0.217. The van der Waals surface area contributed by atoms with Crippen molar-refractivity contribution >= 4 is 5.91 Å². The zero-order valence-corrected chi connectivity index (χ0v) is 53.4. The number of nitrogens with one attached hydrogen (secondary N) is 1. The van der Waals surface area contributed by atoms with Crippen molar-refractivity contribution in [3.05, 3.63) is 122 Å². The summed E-state index contributed by atoms with van der Waals surface area (Å²) in [4.78, 5) is 13.3. The van der Waals surface area contributed by atoms with Crippen LogP contribution in [0.3, 0.4) is 0 Å². The predicted molar refractivity (Wildman–Crippen MR) is 346 cm³/mol. The van der Waals surface area contributed by atoms with Gasteiger partial charge in [-0.25, -0.2) is 0 Å². The normalized spacial score (nSPS) is 29.0.